The molecule has 1 unspecified atom stereocenters. The number of hydrogen-bond donors (Lipinski definition) is 1. The second-order valence-electron chi connectivity index (χ2n) is 4.60. The van der Waals surface area contributed by atoms with E-state index in [4.69, 9.17) is 5.73 Å². The normalized spacial score (nSPS) is 14.6. The van der Waals surface area contributed by atoms with E-state index in [2.05, 4.69) is 50.1 Å². The van der Waals surface area contributed by atoms with Crippen molar-refractivity contribution in [1.82, 2.24) is 0 Å². The number of nitrogens with zero attached hydrogens (tertiary/aromatic N) is 1. The predicted molar refractivity (Wildman–Crippen MR) is 71.8 cm³/mol. The first-order chi connectivity index (χ1) is 7.57. The maximum atomic E-state index is 6.00. The van der Waals surface area contributed by atoms with Gasteiger partial charge in [-0.1, -0.05) is 31.5 Å². The summed E-state index contributed by atoms with van der Waals surface area (Å²) in [6.07, 6.45) is 2.43. The number of rotatable bonds is 5. The lowest BCUT2D eigenvalue weighted by Gasteiger charge is -2.29. The molecule has 0 fully saturated rings. The average Bonchev–Trinajstić information content (AvgIpc) is 2.28. The number of benzene rings is 1. The minimum Gasteiger partial charge on any atom is -0.372 e. The van der Waals surface area contributed by atoms with E-state index in [9.17, 15) is 0 Å². The molecule has 90 valence electrons. The molecule has 0 aliphatic heterocycles. The smallest absolute Gasteiger partial charge is 0.0414 e. The number of hydrogen-bond acceptors (Lipinski definition) is 2. The molecule has 0 saturated heterocycles. The molecule has 0 amide bonds. The fourth-order valence-corrected chi connectivity index (χ4v) is 2.04. The summed E-state index contributed by atoms with van der Waals surface area (Å²) in [7, 11) is 2.15. The Morgan fingerprint density at radius 2 is 1.88 bits per heavy atom. The van der Waals surface area contributed by atoms with Gasteiger partial charge in [0.15, 0.2) is 0 Å². The van der Waals surface area contributed by atoms with Crippen LogP contribution in [-0.4, -0.2) is 13.1 Å². The molecule has 0 aromatic heterocycles. The predicted octanol–water partition coefficient (Wildman–Crippen LogP) is 3.33. The summed E-state index contributed by atoms with van der Waals surface area (Å²) >= 11 is 0. The molecular formula is C14H24N2. The first kappa shape index (κ1) is 13.0. The van der Waals surface area contributed by atoms with Crippen molar-refractivity contribution in [1.29, 1.82) is 0 Å². The van der Waals surface area contributed by atoms with Gasteiger partial charge in [0, 0.05) is 24.8 Å². The van der Waals surface area contributed by atoms with Gasteiger partial charge in [0.2, 0.25) is 0 Å². The van der Waals surface area contributed by atoms with Crippen molar-refractivity contribution < 1.29 is 0 Å². The molecule has 0 heterocycles. The molecule has 16 heavy (non-hydrogen) atoms. The molecule has 2 N–H and O–H groups in total. The largest absolute Gasteiger partial charge is 0.372 e. The molecule has 2 nitrogen and oxygen atoms in total. The van der Waals surface area contributed by atoms with Crippen LogP contribution in [0, 0.1) is 0 Å². The van der Waals surface area contributed by atoms with Crippen molar-refractivity contribution in [2.75, 3.05) is 11.9 Å². The molecule has 0 aliphatic carbocycles. The Labute approximate surface area is 99.5 Å². The quantitative estimate of drug-likeness (QED) is 0.824. The monoisotopic (exact) mass is 220 g/mol. The minimum atomic E-state index is 0.0903. The van der Waals surface area contributed by atoms with Crippen LogP contribution in [0.5, 0.6) is 0 Å². The molecule has 0 saturated carbocycles. The molecule has 1 rings (SSSR count). The highest BCUT2D eigenvalue weighted by molar-refractivity contribution is 5.54. The second-order valence-corrected chi connectivity index (χ2v) is 4.60. The Balaban J connectivity index is 2.93. The van der Waals surface area contributed by atoms with Crippen molar-refractivity contribution in [3.05, 3.63) is 29.8 Å². The summed E-state index contributed by atoms with van der Waals surface area (Å²) in [6, 6.07) is 9.06. The lowest BCUT2D eigenvalue weighted by atomic mass is 10.0. The summed E-state index contributed by atoms with van der Waals surface area (Å²) in [4.78, 5) is 2.34. The van der Waals surface area contributed by atoms with E-state index in [0.29, 0.717) is 6.04 Å². The molecule has 1 aromatic carbocycles. The molecular weight excluding hydrogens is 196 g/mol. The third-order valence-corrected chi connectivity index (χ3v) is 3.17. The summed E-state index contributed by atoms with van der Waals surface area (Å²) in [5, 5.41) is 0. The highest BCUT2D eigenvalue weighted by Crippen LogP contribution is 2.26. The van der Waals surface area contributed by atoms with Gasteiger partial charge in [-0.3, -0.25) is 0 Å². The standard InChI is InChI=1S/C14H24N2/c1-5-8-11(2)16(4)14-10-7-6-9-13(14)12(3)15/h6-7,9-12H,5,8,15H2,1-4H3/t11?,12-/m1/s1. The zero-order valence-electron chi connectivity index (χ0n) is 10.9. The maximum absolute atomic E-state index is 6.00. The van der Waals surface area contributed by atoms with Crippen molar-refractivity contribution in [3.63, 3.8) is 0 Å². The summed E-state index contributed by atoms with van der Waals surface area (Å²) in [5.41, 5.74) is 8.49. The highest BCUT2D eigenvalue weighted by Gasteiger charge is 2.14. The number of para-hydroxylation sites is 1. The van der Waals surface area contributed by atoms with E-state index in [0.717, 1.165) is 0 Å². The van der Waals surface area contributed by atoms with Gasteiger partial charge in [0.1, 0.15) is 0 Å². The molecule has 0 spiro atoms. The van der Waals surface area contributed by atoms with E-state index < -0.39 is 0 Å². The van der Waals surface area contributed by atoms with Crippen molar-refractivity contribution in [2.45, 2.75) is 45.7 Å². The van der Waals surface area contributed by atoms with Gasteiger partial charge in [0.05, 0.1) is 0 Å². The van der Waals surface area contributed by atoms with Crippen LogP contribution in [0.4, 0.5) is 5.69 Å². The third-order valence-electron chi connectivity index (χ3n) is 3.17. The van der Waals surface area contributed by atoms with Crippen molar-refractivity contribution in [3.8, 4) is 0 Å². The topological polar surface area (TPSA) is 29.3 Å². The van der Waals surface area contributed by atoms with Gasteiger partial charge in [-0.05, 0) is 31.9 Å². The van der Waals surface area contributed by atoms with Gasteiger partial charge in [-0.2, -0.15) is 0 Å². The SMILES string of the molecule is CCCC(C)N(C)c1ccccc1[C@@H](C)N. The first-order valence-corrected chi connectivity index (χ1v) is 6.15. The van der Waals surface area contributed by atoms with E-state index in [1.165, 1.54) is 24.1 Å². The van der Waals surface area contributed by atoms with Crippen LogP contribution >= 0.6 is 0 Å². The number of anilines is 1. The summed E-state index contributed by atoms with van der Waals surface area (Å²) in [5.74, 6) is 0. The van der Waals surface area contributed by atoms with Gasteiger partial charge >= 0.3 is 0 Å². The van der Waals surface area contributed by atoms with Gasteiger partial charge in [-0.15, -0.1) is 0 Å². The van der Waals surface area contributed by atoms with Crippen LogP contribution in [0.25, 0.3) is 0 Å². The van der Waals surface area contributed by atoms with E-state index in [-0.39, 0.29) is 6.04 Å². The van der Waals surface area contributed by atoms with E-state index in [1.54, 1.807) is 0 Å². The molecule has 0 radical (unpaired) electrons. The Kier molecular flexibility index (Phi) is 4.81. The van der Waals surface area contributed by atoms with Crippen molar-refractivity contribution in [2.24, 2.45) is 5.73 Å². The highest BCUT2D eigenvalue weighted by atomic mass is 15.1. The summed E-state index contributed by atoms with van der Waals surface area (Å²) < 4.78 is 0. The third kappa shape index (κ3) is 2.99. The minimum absolute atomic E-state index is 0.0903. The zero-order valence-corrected chi connectivity index (χ0v) is 10.9. The van der Waals surface area contributed by atoms with Crippen LogP contribution in [0.15, 0.2) is 24.3 Å². The molecule has 1 aromatic rings. The van der Waals surface area contributed by atoms with Gasteiger partial charge in [0.25, 0.3) is 0 Å². The molecule has 2 atom stereocenters. The van der Waals surface area contributed by atoms with E-state index in [1.807, 2.05) is 6.92 Å². The van der Waals surface area contributed by atoms with Gasteiger partial charge < -0.3 is 10.6 Å². The van der Waals surface area contributed by atoms with Crippen molar-refractivity contribution >= 4 is 5.69 Å². The van der Waals surface area contributed by atoms with E-state index >= 15 is 0 Å². The molecule has 0 aliphatic rings. The molecule has 0 bridgehead atoms. The average molecular weight is 220 g/mol. The van der Waals surface area contributed by atoms with Gasteiger partial charge in [-0.25, -0.2) is 0 Å². The van der Waals surface area contributed by atoms with Crippen LogP contribution in [-0.2, 0) is 0 Å². The Morgan fingerprint density at radius 3 is 2.44 bits per heavy atom. The lowest BCUT2D eigenvalue weighted by Crippen LogP contribution is -2.30. The fourth-order valence-electron chi connectivity index (χ4n) is 2.04. The Morgan fingerprint density at radius 1 is 1.25 bits per heavy atom. The first-order valence-electron chi connectivity index (χ1n) is 6.15. The van der Waals surface area contributed by atoms with Crippen LogP contribution in [0.2, 0.25) is 0 Å². The number of nitrogens with two attached hydrogens (primary N) is 1. The summed E-state index contributed by atoms with van der Waals surface area (Å²) in [6.45, 7) is 6.53. The fraction of sp³-hybridized carbons (Fsp3) is 0.571. The van der Waals surface area contributed by atoms with Crippen LogP contribution < -0.4 is 10.6 Å². The zero-order chi connectivity index (χ0) is 12.1. The lowest BCUT2D eigenvalue weighted by molar-refractivity contribution is 0.612. The Bertz CT molecular complexity index is 320. The Hall–Kier alpha value is -1.02. The van der Waals surface area contributed by atoms with Crippen LogP contribution in [0.1, 0.15) is 45.2 Å². The maximum Gasteiger partial charge on any atom is 0.0414 e. The second kappa shape index (κ2) is 5.90. The molecule has 2 heteroatoms. The van der Waals surface area contributed by atoms with Crippen LogP contribution in [0.3, 0.4) is 0 Å².